The fourth-order valence-corrected chi connectivity index (χ4v) is 3.28. The van der Waals surface area contributed by atoms with Gasteiger partial charge in [-0.3, -0.25) is 15.5 Å². The number of hydrogen-bond donors (Lipinski definition) is 2. The molecule has 0 radical (unpaired) electrons. The molecule has 1 heterocycles. The Morgan fingerprint density at radius 3 is 2.55 bits per heavy atom. The van der Waals surface area contributed by atoms with Crippen molar-refractivity contribution in [1.82, 2.24) is 4.98 Å². The van der Waals surface area contributed by atoms with Crippen molar-refractivity contribution in [3.8, 4) is 11.3 Å². The van der Waals surface area contributed by atoms with E-state index in [0.29, 0.717) is 26.4 Å². The van der Waals surface area contributed by atoms with E-state index in [4.69, 9.17) is 23.2 Å². The molecule has 11 heteroatoms. The molecule has 2 aromatic carbocycles. The minimum Gasteiger partial charge on any atom is -0.477 e. The van der Waals surface area contributed by atoms with Crippen molar-refractivity contribution in [3.63, 3.8) is 0 Å². The van der Waals surface area contributed by atoms with Crippen LogP contribution in [-0.2, 0) is 11.2 Å². The molecular formula is C18H12Cl2N4O4S. The number of nitro groups is 1. The zero-order chi connectivity index (χ0) is 21.0. The summed E-state index contributed by atoms with van der Waals surface area (Å²) < 4.78 is 0. The quantitative estimate of drug-likeness (QED) is 0.293. The Kier molecular flexibility index (Phi) is 6.42. The summed E-state index contributed by atoms with van der Waals surface area (Å²) in [5.41, 5.74) is 4.38. The first kappa shape index (κ1) is 20.7. The number of rotatable bonds is 7. The van der Waals surface area contributed by atoms with Crippen LogP contribution in [0.1, 0.15) is 5.56 Å². The number of nitrogens with one attached hydrogen (secondary N) is 1. The average molecular weight is 451 g/mol. The standard InChI is InChI=1S/C18H12Cl2N4O4S/c19-13-6-3-11(8-14(13)20)16-9-29-18(21-16)23-22-15(17(25)26)7-10-1-4-12(5-2-10)24(27)28/h1-6,8-9H,7H2,(H,21,23)(H,25,26)/b22-15+. The highest BCUT2D eigenvalue weighted by Gasteiger charge is 2.13. The summed E-state index contributed by atoms with van der Waals surface area (Å²) >= 11 is 13.2. The molecule has 0 saturated carbocycles. The van der Waals surface area contributed by atoms with Gasteiger partial charge in [-0.05, 0) is 17.7 Å². The lowest BCUT2D eigenvalue weighted by molar-refractivity contribution is -0.384. The lowest BCUT2D eigenvalue weighted by Gasteiger charge is -2.03. The van der Waals surface area contributed by atoms with Gasteiger partial charge < -0.3 is 5.11 Å². The highest BCUT2D eigenvalue weighted by Crippen LogP contribution is 2.30. The average Bonchev–Trinajstić information content (AvgIpc) is 3.16. The van der Waals surface area contributed by atoms with Gasteiger partial charge in [-0.15, -0.1) is 11.3 Å². The number of non-ortho nitro benzene ring substituents is 1. The fourth-order valence-electron chi connectivity index (χ4n) is 2.32. The Labute approximate surface area is 178 Å². The summed E-state index contributed by atoms with van der Waals surface area (Å²) in [5.74, 6) is -1.21. The van der Waals surface area contributed by atoms with Gasteiger partial charge in [0, 0.05) is 29.5 Å². The van der Waals surface area contributed by atoms with Crippen LogP contribution < -0.4 is 5.43 Å². The van der Waals surface area contributed by atoms with Crippen molar-refractivity contribution in [2.75, 3.05) is 5.43 Å². The smallest absolute Gasteiger partial charge is 0.352 e. The van der Waals surface area contributed by atoms with E-state index in [0.717, 1.165) is 5.56 Å². The Balaban J connectivity index is 1.73. The van der Waals surface area contributed by atoms with E-state index in [1.54, 1.807) is 23.6 Å². The summed E-state index contributed by atoms with van der Waals surface area (Å²) in [5, 5.41) is 27.0. The van der Waals surface area contributed by atoms with Crippen LogP contribution in [0.3, 0.4) is 0 Å². The third-order valence-corrected chi connectivity index (χ3v) is 5.26. The SMILES string of the molecule is O=C(O)/C(Cc1ccc([N+](=O)[O-])cc1)=N/Nc1nc(-c2ccc(Cl)c(Cl)c2)cs1. The first-order valence-electron chi connectivity index (χ1n) is 8.03. The third kappa shape index (κ3) is 5.29. The number of nitro benzene ring substituents is 1. The third-order valence-electron chi connectivity index (χ3n) is 3.77. The number of carboxylic acids is 1. The summed E-state index contributed by atoms with van der Waals surface area (Å²) in [7, 11) is 0. The zero-order valence-electron chi connectivity index (χ0n) is 14.5. The van der Waals surface area contributed by atoms with Crippen LogP contribution in [0.4, 0.5) is 10.8 Å². The van der Waals surface area contributed by atoms with Gasteiger partial charge in [0.05, 0.1) is 20.7 Å². The zero-order valence-corrected chi connectivity index (χ0v) is 16.8. The molecule has 1 aromatic heterocycles. The number of hydrogen-bond acceptors (Lipinski definition) is 7. The predicted molar refractivity (Wildman–Crippen MR) is 113 cm³/mol. The van der Waals surface area contributed by atoms with Crippen molar-refractivity contribution in [3.05, 3.63) is 73.6 Å². The normalized spacial score (nSPS) is 11.3. The number of halogens is 2. The maximum Gasteiger partial charge on any atom is 0.352 e. The molecule has 3 rings (SSSR count). The molecule has 2 N–H and O–H groups in total. The van der Waals surface area contributed by atoms with Gasteiger partial charge in [-0.2, -0.15) is 5.10 Å². The van der Waals surface area contributed by atoms with E-state index in [2.05, 4.69) is 15.5 Å². The number of aliphatic carboxylic acids is 1. The van der Waals surface area contributed by atoms with Crippen molar-refractivity contribution < 1.29 is 14.8 Å². The molecule has 3 aromatic rings. The van der Waals surface area contributed by atoms with Gasteiger partial charge in [0.25, 0.3) is 5.69 Å². The molecule has 8 nitrogen and oxygen atoms in total. The summed E-state index contributed by atoms with van der Waals surface area (Å²) in [4.78, 5) is 26.0. The van der Waals surface area contributed by atoms with Crippen LogP contribution in [0.25, 0.3) is 11.3 Å². The summed E-state index contributed by atoms with van der Waals surface area (Å²) in [6, 6.07) is 10.7. The molecule has 0 atom stereocenters. The van der Waals surface area contributed by atoms with Crippen LogP contribution in [0, 0.1) is 10.1 Å². The second kappa shape index (κ2) is 8.99. The number of carbonyl (C=O) groups is 1. The van der Waals surface area contributed by atoms with Gasteiger partial charge in [0.15, 0.2) is 0 Å². The van der Waals surface area contributed by atoms with Gasteiger partial charge >= 0.3 is 5.97 Å². The number of anilines is 1. The second-order valence-corrected chi connectivity index (χ2v) is 7.42. The van der Waals surface area contributed by atoms with Crippen molar-refractivity contribution in [1.29, 1.82) is 0 Å². The van der Waals surface area contributed by atoms with E-state index >= 15 is 0 Å². The van der Waals surface area contributed by atoms with Gasteiger partial charge in [-0.1, -0.05) is 41.4 Å². The number of aromatic nitrogens is 1. The number of thiazole rings is 1. The molecular weight excluding hydrogens is 439 g/mol. The minimum absolute atomic E-state index is 0.00858. The van der Waals surface area contributed by atoms with Crippen molar-refractivity contribution in [2.45, 2.75) is 6.42 Å². The number of benzene rings is 2. The largest absolute Gasteiger partial charge is 0.477 e. The van der Waals surface area contributed by atoms with Crippen LogP contribution in [0.2, 0.25) is 10.0 Å². The van der Waals surface area contributed by atoms with Gasteiger partial charge in [0.1, 0.15) is 5.71 Å². The Hall–Kier alpha value is -3.01. The minimum atomic E-state index is -1.21. The van der Waals surface area contributed by atoms with Crippen LogP contribution in [-0.4, -0.2) is 26.7 Å². The molecule has 0 amide bonds. The summed E-state index contributed by atoms with van der Waals surface area (Å²) in [6.07, 6.45) is -0.00858. The van der Waals surface area contributed by atoms with Crippen LogP contribution >= 0.6 is 34.5 Å². The lowest BCUT2D eigenvalue weighted by Crippen LogP contribution is -2.17. The molecule has 0 aliphatic carbocycles. The number of nitrogens with zero attached hydrogens (tertiary/aromatic N) is 3. The molecule has 148 valence electrons. The Bertz CT molecular complexity index is 1100. The van der Waals surface area contributed by atoms with E-state index in [1.807, 2.05) is 0 Å². The Morgan fingerprint density at radius 1 is 1.21 bits per heavy atom. The maximum absolute atomic E-state index is 11.5. The van der Waals surface area contributed by atoms with Crippen molar-refractivity contribution >= 4 is 57.0 Å². The first-order valence-corrected chi connectivity index (χ1v) is 9.67. The van der Waals surface area contributed by atoms with E-state index in [1.165, 1.54) is 35.6 Å². The molecule has 0 bridgehead atoms. The van der Waals surface area contributed by atoms with Crippen LogP contribution in [0.5, 0.6) is 0 Å². The molecule has 0 aliphatic rings. The highest BCUT2D eigenvalue weighted by atomic mass is 35.5. The van der Waals surface area contributed by atoms with E-state index in [-0.39, 0.29) is 17.8 Å². The fraction of sp³-hybridized carbons (Fsp3) is 0.0556. The predicted octanol–water partition coefficient (Wildman–Crippen LogP) is 5.12. The molecule has 0 fully saturated rings. The monoisotopic (exact) mass is 450 g/mol. The number of carboxylic acid groups (broad SMARTS) is 1. The highest BCUT2D eigenvalue weighted by molar-refractivity contribution is 7.14. The first-order chi connectivity index (χ1) is 13.8. The topological polar surface area (TPSA) is 118 Å². The second-order valence-electron chi connectivity index (χ2n) is 5.74. The van der Waals surface area contributed by atoms with E-state index < -0.39 is 10.9 Å². The number of hydrazone groups is 1. The molecule has 0 aliphatic heterocycles. The van der Waals surface area contributed by atoms with Crippen LogP contribution in [0.15, 0.2) is 52.9 Å². The summed E-state index contributed by atoms with van der Waals surface area (Å²) in [6.45, 7) is 0. The van der Waals surface area contributed by atoms with Crippen molar-refractivity contribution in [2.24, 2.45) is 5.10 Å². The Morgan fingerprint density at radius 2 is 1.93 bits per heavy atom. The van der Waals surface area contributed by atoms with Gasteiger partial charge in [0.2, 0.25) is 5.13 Å². The lowest BCUT2D eigenvalue weighted by atomic mass is 10.1. The van der Waals surface area contributed by atoms with Gasteiger partial charge in [-0.25, -0.2) is 9.78 Å². The molecule has 0 saturated heterocycles. The van der Waals surface area contributed by atoms with E-state index in [9.17, 15) is 20.0 Å². The molecule has 29 heavy (non-hydrogen) atoms. The molecule has 0 unspecified atom stereocenters. The maximum atomic E-state index is 11.5. The molecule has 0 spiro atoms.